The van der Waals surface area contributed by atoms with E-state index in [4.69, 9.17) is 14.2 Å². The monoisotopic (exact) mass is 567 g/mol. The smallest absolute Gasteiger partial charge is 0.295 e. The zero-order chi connectivity index (χ0) is 26.7. The predicted octanol–water partition coefficient (Wildman–Crippen LogP) is 4.84. The van der Waals surface area contributed by atoms with Crippen LogP contribution in [0.25, 0.3) is 5.76 Å². The molecule has 1 amide bonds. The molecule has 9 heteroatoms. The van der Waals surface area contributed by atoms with Gasteiger partial charge in [0.15, 0.2) is 11.5 Å². The molecule has 1 fully saturated rings. The number of hydrogen-bond acceptors (Lipinski definition) is 7. The molecule has 0 saturated carbocycles. The zero-order valence-corrected chi connectivity index (χ0v) is 22.1. The van der Waals surface area contributed by atoms with E-state index < -0.39 is 17.7 Å². The number of benzene rings is 3. The number of phenolic OH excluding ortho intramolecular Hbond substituents is 1. The van der Waals surface area contributed by atoms with E-state index >= 15 is 0 Å². The summed E-state index contributed by atoms with van der Waals surface area (Å²) in [5, 5.41) is 21.0. The molecule has 1 heterocycles. The Balaban J connectivity index is 1.75. The number of halogens is 1. The van der Waals surface area contributed by atoms with Crippen LogP contribution in [0.1, 0.15) is 22.7 Å². The van der Waals surface area contributed by atoms with E-state index in [0.717, 1.165) is 5.56 Å². The van der Waals surface area contributed by atoms with Crippen LogP contribution in [0, 0.1) is 0 Å². The first-order valence-corrected chi connectivity index (χ1v) is 12.2. The Morgan fingerprint density at radius 1 is 0.892 bits per heavy atom. The van der Waals surface area contributed by atoms with Gasteiger partial charge in [0.1, 0.15) is 17.3 Å². The fourth-order valence-electron chi connectivity index (χ4n) is 4.37. The number of aliphatic hydroxyl groups excluding tert-OH is 1. The van der Waals surface area contributed by atoms with E-state index in [2.05, 4.69) is 15.9 Å². The molecule has 3 aromatic carbocycles. The Labute approximate surface area is 222 Å². The third-order valence-corrected chi connectivity index (χ3v) is 6.88. The molecule has 37 heavy (non-hydrogen) atoms. The van der Waals surface area contributed by atoms with E-state index in [-0.39, 0.29) is 23.6 Å². The number of carbonyl (C=O) groups is 2. The van der Waals surface area contributed by atoms with Crippen LogP contribution in [0.2, 0.25) is 0 Å². The third-order valence-electron chi connectivity index (χ3n) is 6.26. The predicted molar refractivity (Wildman–Crippen MR) is 141 cm³/mol. The van der Waals surface area contributed by atoms with Gasteiger partial charge >= 0.3 is 0 Å². The molecule has 0 aliphatic carbocycles. The maximum absolute atomic E-state index is 13.3. The van der Waals surface area contributed by atoms with Gasteiger partial charge in [-0.25, -0.2) is 0 Å². The van der Waals surface area contributed by atoms with Gasteiger partial charge in [0.2, 0.25) is 0 Å². The number of rotatable bonds is 8. The molecule has 0 radical (unpaired) electrons. The van der Waals surface area contributed by atoms with Crippen molar-refractivity contribution >= 4 is 33.4 Å². The molecule has 0 spiro atoms. The number of aromatic hydroxyl groups is 1. The maximum atomic E-state index is 13.3. The van der Waals surface area contributed by atoms with Gasteiger partial charge in [0.05, 0.1) is 37.4 Å². The SMILES string of the molecule is COc1ccc(/C(O)=C2/C(=O)C(=O)N(CCc3ccc(OC)c(OC)c3)C2c2ccc(O)cc2)cc1Br. The van der Waals surface area contributed by atoms with E-state index in [9.17, 15) is 19.8 Å². The summed E-state index contributed by atoms with van der Waals surface area (Å²) in [4.78, 5) is 27.9. The van der Waals surface area contributed by atoms with Crippen molar-refractivity contribution in [3.63, 3.8) is 0 Å². The number of carbonyl (C=O) groups excluding carboxylic acids is 2. The minimum absolute atomic E-state index is 0.0277. The Morgan fingerprint density at radius 3 is 2.16 bits per heavy atom. The topological polar surface area (TPSA) is 106 Å². The van der Waals surface area contributed by atoms with Crippen molar-refractivity contribution in [3.05, 3.63) is 87.4 Å². The highest BCUT2D eigenvalue weighted by Gasteiger charge is 2.45. The second-order valence-electron chi connectivity index (χ2n) is 8.37. The largest absolute Gasteiger partial charge is 0.508 e. The van der Waals surface area contributed by atoms with Crippen LogP contribution in [0.3, 0.4) is 0 Å². The number of amides is 1. The molecule has 1 saturated heterocycles. The summed E-state index contributed by atoms with van der Waals surface area (Å²) in [5.74, 6) is -0.0494. The molecule has 8 nitrogen and oxygen atoms in total. The molecule has 1 aliphatic heterocycles. The molecule has 192 valence electrons. The van der Waals surface area contributed by atoms with Gasteiger partial charge in [-0.05, 0) is 75.9 Å². The number of nitrogens with zero attached hydrogens (tertiary/aromatic N) is 1. The van der Waals surface area contributed by atoms with Crippen LogP contribution in [-0.4, -0.2) is 54.7 Å². The average molecular weight is 568 g/mol. The Bertz CT molecular complexity index is 1370. The molecule has 1 aliphatic rings. The number of ether oxygens (including phenoxy) is 3. The average Bonchev–Trinajstić information content (AvgIpc) is 3.16. The lowest BCUT2D eigenvalue weighted by molar-refractivity contribution is -0.139. The van der Waals surface area contributed by atoms with Crippen LogP contribution < -0.4 is 14.2 Å². The van der Waals surface area contributed by atoms with Crippen molar-refractivity contribution in [2.45, 2.75) is 12.5 Å². The van der Waals surface area contributed by atoms with Crippen molar-refractivity contribution in [2.24, 2.45) is 0 Å². The Morgan fingerprint density at radius 2 is 1.54 bits per heavy atom. The summed E-state index contributed by atoms with van der Waals surface area (Å²) in [6.45, 7) is 0.203. The normalized spacial score (nSPS) is 16.6. The van der Waals surface area contributed by atoms with Gasteiger partial charge in [0.25, 0.3) is 11.7 Å². The fraction of sp³-hybridized carbons (Fsp3) is 0.214. The van der Waals surface area contributed by atoms with E-state index in [1.165, 1.54) is 24.1 Å². The number of ketones is 1. The molecule has 0 bridgehead atoms. The summed E-state index contributed by atoms with van der Waals surface area (Å²) in [7, 11) is 4.62. The van der Waals surface area contributed by atoms with Crippen molar-refractivity contribution < 1.29 is 34.0 Å². The van der Waals surface area contributed by atoms with Crippen LogP contribution in [0.15, 0.2) is 70.7 Å². The quantitative estimate of drug-likeness (QED) is 0.228. The van der Waals surface area contributed by atoms with E-state index in [1.54, 1.807) is 50.6 Å². The Hall–Kier alpha value is -3.98. The first-order valence-electron chi connectivity index (χ1n) is 11.4. The number of methoxy groups -OCH3 is 3. The van der Waals surface area contributed by atoms with Gasteiger partial charge < -0.3 is 29.3 Å². The van der Waals surface area contributed by atoms with Gasteiger partial charge in [0, 0.05) is 12.1 Å². The van der Waals surface area contributed by atoms with Crippen LogP contribution in [0.4, 0.5) is 0 Å². The number of hydrogen-bond donors (Lipinski definition) is 2. The van der Waals surface area contributed by atoms with Crippen molar-refractivity contribution in [2.75, 3.05) is 27.9 Å². The fourth-order valence-corrected chi connectivity index (χ4v) is 4.91. The van der Waals surface area contributed by atoms with E-state index in [1.807, 2.05) is 12.1 Å². The minimum Gasteiger partial charge on any atom is -0.508 e. The lowest BCUT2D eigenvalue weighted by atomic mass is 9.95. The summed E-state index contributed by atoms with van der Waals surface area (Å²) in [6, 6.07) is 15.7. The van der Waals surface area contributed by atoms with Crippen molar-refractivity contribution in [1.82, 2.24) is 4.90 Å². The molecule has 1 unspecified atom stereocenters. The number of aliphatic hydroxyl groups is 1. The number of phenols is 1. The zero-order valence-electron chi connectivity index (χ0n) is 20.5. The highest BCUT2D eigenvalue weighted by atomic mass is 79.9. The van der Waals surface area contributed by atoms with E-state index in [0.29, 0.717) is 39.3 Å². The second-order valence-corrected chi connectivity index (χ2v) is 9.23. The summed E-state index contributed by atoms with van der Waals surface area (Å²) < 4.78 is 16.5. The molecular weight excluding hydrogens is 542 g/mol. The number of Topliss-reactive ketones (excluding diaryl/α,β-unsaturated/α-hetero) is 1. The van der Waals surface area contributed by atoms with Crippen LogP contribution >= 0.6 is 15.9 Å². The first kappa shape index (κ1) is 26.1. The summed E-state index contributed by atoms with van der Waals surface area (Å²) >= 11 is 3.40. The molecule has 3 aromatic rings. The standard InChI is InChI=1S/C28H26BrNO7/c1-35-21-11-7-18(15-20(21)29)26(32)24-25(17-5-8-19(31)9-6-17)30(28(34)27(24)33)13-12-16-4-10-22(36-2)23(14-16)37-3/h4-11,14-15,25,31-32H,12-13H2,1-3H3/b26-24-. The van der Waals surface area contributed by atoms with Crippen molar-refractivity contribution in [3.8, 4) is 23.0 Å². The van der Waals surface area contributed by atoms with Crippen LogP contribution in [-0.2, 0) is 16.0 Å². The highest BCUT2D eigenvalue weighted by molar-refractivity contribution is 9.10. The number of likely N-dealkylation sites (tertiary alicyclic amines) is 1. The molecular formula is C28H26BrNO7. The highest BCUT2D eigenvalue weighted by Crippen LogP contribution is 2.41. The lowest BCUT2D eigenvalue weighted by Gasteiger charge is -2.25. The minimum atomic E-state index is -0.846. The van der Waals surface area contributed by atoms with Gasteiger partial charge in [-0.2, -0.15) is 0 Å². The molecule has 0 aromatic heterocycles. The first-order chi connectivity index (χ1) is 17.8. The van der Waals surface area contributed by atoms with Crippen LogP contribution in [0.5, 0.6) is 23.0 Å². The summed E-state index contributed by atoms with van der Waals surface area (Å²) in [6.07, 6.45) is 0.427. The van der Waals surface area contributed by atoms with Gasteiger partial charge in [-0.1, -0.05) is 18.2 Å². The molecule has 1 atom stereocenters. The molecule has 4 rings (SSSR count). The van der Waals surface area contributed by atoms with Gasteiger partial charge in [-0.3, -0.25) is 9.59 Å². The van der Waals surface area contributed by atoms with Crippen molar-refractivity contribution in [1.29, 1.82) is 0 Å². The lowest BCUT2D eigenvalue weighted by Crippen LogP contribution is -2.31. The van der Waals surface area contributed by atoms with Gasteiger partial charge in [-0.15, -0.1) is 0 Å². The maximum Gasteiger partial charge on any atom is 0.295 e. The molecule has 2 N–H and O–H groups in total. The second kappa shape index (κ2) is 11.0. The third kappa shape index (κ3) is 5.13. The Kier molecular flexibility index (Phi) is 7.73. The summed E-state index contributed by atoms with van der Waals surface area (Å²) in [5.41, 5.74) is 1.79.